The van der Waals surface area contributed by atoms with Crippen LogP contribution in [0.1, 0.15) is 55.5 Å². The van der Waals surface area contributed by atoms with E-state index in [2.05, 4.69) is 52.1 Å². The number of nitrogens with one attached hydrogen (secondary N) is 1. The third-order valence-corrected chi connectivity index (χ3v) is 3.57. The number of hydrogen-bond acceptors (Lipinski definition) is 2. The van der Waals surface area contributed by atoms with Crippen molar-refractivity contribution >= 4 is 0 Å². The second-order valence-electron chi connectivity index (χ2n) is 6.13. The number of benzene rings is 1. The minimum absolute atomic E-state index is 0.181. The Hall–Kier alpha value is -0.860. The first-order chi connectivity index (χ1) is 8.31. The lowest BCUT2D eigenvalue weighted by molar-refractivity contribution is 0.268. The zero-order valence-corrected chi connectivity index (χ0v) is 12.6. The second kappa shape index (κ2) is 5.85. The van der Waals surface area contributed by atoms with Gasteiger partial charge >= 0.3 is 0 Å². The van der Waals surface area contributed by atoms with E-state index >= 15 is 0 Å². The minimum atomic E-state index is 0.181. The van der Waals surface area contributed by atoms with Crippen LogP contribution >= 0.6 is 0 Å². The minimum Gasteiger partial charge on any atom is -0.396 e. The molecule has 0 fully saturated rings. The Bertz CT molecular complexity index is 381. The molecule has 0 bridgehead atoms. The van der Waals surface area contributed by atoms with Crippen LogP contribution in [0.15, 0.2) is 12.1 Å². The molecule has 0 aliphatic heterocycles. The Kier molecular flexibility index (Phi) is 4.94. The predicted octanol–water partition coefficient (Wildman–Crippen LogP) is 3.24. The van der Waals surface area contributed by atoms with Gasteiger partial charge in [0.25, 0.3) is 0 Å². The van der Waals surface area contributed by atoms with Crippen LogP contribution in [0.3, 0.4) is 0 Å². The summed E-state index contributed by atoms with van der Waals surface area (Å²) in [5.41, 5.74) is 5.51. The van der Waals surface area contributed by atoms with Gasteiger partial charge in [-0.3, -0.25) is 0 Å². The highest BCUT2D eigenvalue weighted by molar-refractivity contribution is 5.42. The van der Waals surface area contributed by atoms with Gasteiger partial charge in [-0.05, 0) is 55.0 Å². The molecule has 0 spiro atoms. The van der Waals surface area contributed by atoms with Gasteiger partial charge in [-0.15, -0.1) is 0 Å². The molecule has 0 aromatic heterocycles. The van der Waals surface area contributed by atoms with Gasteiger partial charge in [0.2, 0.25) is 0 Å². The molecular weight excluding hydrogens is 222 g/mol. The molecule has 1 atom stereocenters. The Labute approximate surface area is 111 Å². The molecule has 1 rings (SSSR count). The molecule has 0 radical (unpaired) electrons. The molecule has 1 aromatic rings. The van der Waals surface area contributed by atoms with Gasteiger partial charge in [-0.1, -0.05) is 32.9 Å². The van der Waals surface area contributed by atoms with Crippen molar-refractivity contribution in [1.82, 2.24) is 5.32 Å². The monoisotopic (exact) mass is 249 g/mol. The molecule has 0 amide bonds. The van der Waals surface area contributed by atoms with E-state index in [0.29, 0.717) is 0 Å². The summed E-state index contributed by atoms with van der Waals surface area (Å²) in [6.45, 7) is 11.3. The Morgan fingerprint density at radius 2 is 1.67 bits per heavy atom. The van der Waals surface area contributed by atoms with Crippen molar-refractivity contribution in [1.29, 1.82) is 0 Å². The fraction of sp³-hybridized carbons (Fsp3) is 0.625. The molecule has 1 aromatic carbocycles. The summed E-state index contributed by atoms with van der Waals surface area (Å²) in [5.74, 6) is 0. The van der Waals surface area contributed by atoms with E-state index in [1.807, 2.05) is 7.05 Å². The first-order valence-corrected chi connectivity index (χ1v) is 6.71. The largest absolute Gasteiger partial charge is 0.396 e. The van der Waals surface area contributed by atoms with Crippen molar-refractivity contribution in [2.45, 2.75) is 52.5 Å². The molecule has 0 heterocycles. The van der Waals surface area contributed by atoms with E-state index in [0.717, 1.165) is 6.42 Å². The molecule has 2 heteroatoms. The van der Waals surface area contributed by atoms with Crippen molar-refractivity contribution in [2.75, 3.05) is 13.7 Å². The first-order valence-electron chi connectivity index (χ1n) is 6.71. The summed E-state index contributed by atoms with van der Waals surface area (Å²) >= 11 is 0. The van der Waals surface area contributed by atoms with Crippen LogP contribution < -0.4 is 5.32 Å². The van der Waals surface area contributed by atoms with Crippen LogP contribution in [0.25, 0.3) is 0 Å². The van der Waals surface area contributed by atoms with Crippen molar-refractivity contribution in [3.8, 4) is 0 Å². The lowest BCUT2D eigenvalue weighted by Gasteiger charge is -2.25. The van der Waals surface area contributed by atoms with Gasteiger partial charge < -0.3 is 10.4 Å². The first kappa shape index (κ1) is 15.2. The van der Waals surface area contributed by atoms with E-state index < -0.39 is 0 Å². The molecule has 0 saturated carbocycles. The zero-order valence-electron chi connectivity index (χ0n) is 12.6. The predicted molar refractivity (Wildman–Crippen MR) is 78.1 cm³/mol. The topological polar surface area (TPSA) is 32.3 Å². The highest BCUT2D eigenvalue weighted by Gasteiger charge is 2.19. The maximum absolute atomic E-state index is 9.15. The number of aryl methyl sites for hydroxylation is 2. The SMILES string of the molecule is CNC(CCO)c1c(C)cc(C(C)(C)C)cc1C. The molecular formula is C16H27NO. The third-order valence-electron chi connectivity index (χ3n) is 3.57. The molecule has 0 aliphatic rings. The molecule has 0 saturated heterocycles. The van der Waals surface area contributed by atoms with Gasteiger partial charge in [0, 0.05) is 12.6 Å². The summed E-state index contributed by atoms with van der Waals surface area (Å²) in [5, 5.41) is 12.5. The fourth-order valence-corrected chi connectivity index (χ4v) is 2.52. The third kappa shape index (κ3) is 3.33. The second-order valence-corrected chi connectivity index (χ2v) is 6.13. The number of rotatable bonds is 4. The van der Waals surface area contributed by atoms with Gasteiger partial charge in [0.05, 0.1) is 0 Å². The molecule has 1 unspecified atom stereocenters. The number of hydrogen-bond donors (Lipinski definition) is 2. The van der Waals surface area contributed by atoms with Crippen LogP contribution in [-0.2, 0) is 5.41 Å². The summed E-state index contributed by atoms with van der Waals surface area (Å²) in [6, 6.07) is 4.80. The van der Waals surface area contributed by atoms with E-state index in [-0.39, 0.29) is 18.1 Å². The standard InChI is InChI=1S/C16H27NO/c1-11-9-13(16(3,4)5)10-12(2)15(11)14(17-6)7-8-18/h9-10,14,17-18H,7-8H2,1-6H3. The average molecular weight is 249 g/mol. The maximum atomic E-state index is 9.15. The summed E-state index contributed by atoms with van der Waals surface area (Å²) in [4.78, 5) is 0. The van der Waals surface area contributed by atoms with Gasteiger partial charge in [0.15, 0.2) is 0 Å². The van der Waals surface area contributed by atoms with Crippen LogP contribution in [0, 0.1) is 13.8 Å². The van der Waals surface area contributed by atoms with Crippen molar-refractivity contribution in [3.05, 3.63) is 34.4 Å². The fourth-order valence-electron chi connectivity index (χ4n) is 2.52. The van der Waals surface area contributed by atoms with Crippen LogP contribution in [0.2, 0.25) is 0 Å². The summed E-state index contributed by atoms with van der Waals surface area (Å²) in [6.07, 6.45) is 0.757. The van der Waals surface area contributed by atoms with Gasteiger partial charge in [-0.2, -0.15) is 0 Å². The Morgan fingerprint density at radius 1 is 1.17 bits per heavy atom. The number of aliphatic hydroxyl groups excluding tert-OH is 1. The van der Waals surface area contributed by atoms with Crippen molar-refractivity contribution in [3.63, 3.8) is 0 Å². The highest BCUT2D eigenvalue weighted by atomic mass is 16.3. The lowest BCUT2D eigenvalue weighted by Crippen LogP contribution is -2.21. The van der Waals surface area contributed by atoms with Crippen LogP contribution in [0.4, 0.5) is 0 Å². The summed E-state index contributed by atoms with van der Waals surface area (Å²) in [7, 11) is 1.96. The highest BCUT2D eigenvalue weighted by Crippen LogP contribution is 2.30. The normalized spacial score (nSPS) is 13.7. The zero-order chi connectivity index (χ0) is 13.9. The smallest absolute Gasteiger partial charge is 0.0449 e. The van der Waals surface area contributed by atoms with Crippen LogP contribution in [-0.4, -0.2) is 18.8 Å². The maximum Gasteiger partial charge on any atom is 0.0449 e. The van der Waals surface area contributed by atoms with Gasteiger partial charge in [0.1, 0.15) is 0 Å². The van der Waals surface area contributed by atoms with Crippen molar-refractivity contribution in [2.24, 2.45) is 0 Å². The van der Waals surface area contributed by atoms with Crippen LogP contribution in [0.5, 0.6) is 0 Å². The molecule has 102 valence electrons. The van der Waals surface area contributed by atoms with E-state index in [1.54, 1.807) is 0 Å². The molecule has 2 nitrogen and oxygen atoms in total. The average Bonchev–Trinajstić information content (AvgIpc) is 2.25. The quantitative estimate of drug-likeness (QED) is 0.858. The Balaban J connectivity index is 3.23. The summed E-state index contributed by atoms with van der Waals surface area (Å²) < 4.78 is 0. The number of aliphatic hydroxyl groups is 1. The lowest BCUT2D eigenvalue weighted by atomic mass is 9.82. The van der Waals surface area contributed by atoms with Crippen molar-refractivity contribution < 1.29 is 5.11 Å². The van der Waals surface area contributed by atoms with E-state index in [9.17, 15) is 0 Å². The van der Waals surface area contributed by atoms with E-state index in [4.69, 9.17) is 5.11 Å². The molecule has 2 N–H and O–H groups in total. The molecule has 0 aliphatic carbocycles. The van der Waals surface area contributed by atoms with E-state index in [1.165, 1.54) is 22.3 Å². The van der Waals surface area contributed by atoms with Gasteiger partial charge in [-0.25, -0.2) is 0 Å². The molecule has 18 heavy (non-hydrogen) atoms. The Morgan fingerprint density at radius 3 is 2.00 bits per heavy atom.